The Morgan fingerprint density at radius 2 is 1.84 bits per heavy atom. The van der Waals surface area contributed by atoms with Crippen molar-refractivity contribution in [1.29, 1.82) is 0 Å². The molecule has 1 aliphatic heterocycles. The van der Waals surface area contributed by atoms with Crippen LogP contribution in [-0.2, 0) is 0 Å². The van der Waals surface area contributed by atoms with Crippen molar-refractivity contribution in [3.8, 4) is 0 Å². The predicted octanol–water partition coefficient (Wildman–Crippen LogP) is 3.23. The highest BCUT2D eigenvalue weighted by Crippen LogP contribution is 2.33. The molecule has 0 aromatic heterocycles. The smallest absolute Gasteiger partial charge is 0.0149 e. The van der Waals surface area contributed by atoms with Gasteiger partial charge >= 0.3 is 0 Å². The third kappa shape index (κ3) is 4.37. The van der Waals surface area contributed by atoms with Crippen LogP contribution in [0.25, 0.3) is 0 Å². The largest absolute Gasteiger partial charge is 0.317 e. The summed E-state index contributed by atoms with van der Waals surface area (Å²) in [6.45, 7) is 11.0. The molecule has 0 bridgehead atoms. The molecule has 2 rings (SSSR count). The Bertz CT molecular complexity index is 261. The molecule has 5 atom stereocenters. The number of thioether (sulfide) groups is 1. The van der Waals surface area contributed by atoms with E-state index >= 15 is 0 Å². The Morgan fingerprint density at radius 3 is 2.42 bits per heavy atom. The van der Waals surface area contributed by atoms with Gasteiger partial charge in [-0.25, -0.2) is 0 Å². The average molecular weight is 285 g/mol. The van der Waals surface area contributed by atoms with Crippen molar-refractivity contribution < 1.29 is 0 Å². The third-order valence-corrected chi connectivity index (χ3v) is 6.25. The van der Waals surface area contributed by atoms with Gasteiger partial charge in [0.2, 0.25) is 0 Å². The van der Waals surface area contributed by atoms with Gasteiger partial charge in [0, 0.05) is 36.2 Å². The van der Waals surface area contributed by atoms with Gasteiger partial charge in [0.1, 0.15) is 0 Å². The second-order valence-electron chi connectivity index (χ2n) is 6.72. The lowest BCUT2D eigenvalue weighted by atomic mass is 9.76. The van der Waals surface area contributed by atoms with Gasteiger partial charge in [-0.05, 0) is 38.1 Å². The standard InChI is InChI=1S/C16H32N2S/c1-5-14-6-7-16(17-4)15(8-14)11-18-9-12(2)19-13(3)10-18/h12-17H,5-11H2,1-4H3. The molecule has 3 heteroatoms. The zero-order valence-electron chi connectivity index (χ0n) is 13.2. The zero-order chi connectivity index (χ0) is 13.8. The first-order valence-electron chi connectivity index (χ1n) is 8.17. The molecular weight excluding hydrogens is 252 g/mol. The van der Waals surface area contributed by atoms with E-state index in [4.69, 9.17) is 0 Å². The topological polar surface area (TPSA) is 15.3 Å². The van der Waals surface area contributed by atoms with E-state index in [1.165, 1.54) is 45.3 Å². The first-order valence-corrected chi connectivity index (χ1v) is 9.11. The lowest BCUT2D eigenvalue weighted by Gasteiger charge is -2.41. The molecule has 0 amide bonds. The minimum atomic E-state index is 0.753. The first-order chi connectivity index (χ1) is 9.12. The first kappa shape index (κ1) is 15.7. The highest BCUT2D eigenvalue weighted by Gasteiger charge is 2.32. The van der Waals surface area contributed by atoms with Crippen molar-refractivity contribution in [3.05, 3.63) is 0 Å². The minimum absolute atomic E-state index is 0.753. The number of rotatable bonds is 4. The molecule has 1 saturated carbocycles. The summed E-state index contributed by atoms with van der Waals surface area (Å²) in [7, 11) is 2.15. The van der Waals surface area contributed by atoms with Crippen LogP contribution in [0.3, 0.4) is 0 Å². The van der Waals surface area contributed by atoms with Crippen molar-refractivity contribution in [3.63, 3.8) is 0 Å². The van der Waals surface area contributed by atoms with Crippen LogP contribution in [0.5, 0.6) is 0 Å². The molecule has 2 aliphatic rings. The summed E-state index contributed by atoms with van der Waals surface area (Å²) >= 11 is 2.16. The maximum Gasteiger partial charge on any atom is 0.0149 e. The Kier molecular flexibility index (Phi) is 6.04. The van der Waals surface area contributed by atoms with E-state index in [0.29, 0.717) is 0 Å². The molecule has 2 nitrogen and oxygen atoms in total. The van der Waals surface area contributed by atoms with Gasteiger partial charge < -0.3 is 10.2 Å². The van der Waals surface area contributed by atoms with E-state index in [1.807, 2.05) is 0 Å². The Labute approximate surface area is 124 Å². The molecule has 0 radical (unpaired) electrons. The minimum Gasteiger partial charge on any atom is -0.317 e. The molecule has 5 unspecified atom stereocenters. The summed E-state index contributed by atoms with van der Waals surface area (Å²) < 4.78 is 0. The molecule has 1 heterocycles. The van der Waals surface area contributed by atoms with Crippen molar-refractivity contribution in [1.82, 2.24) is 10.2 Å². The summed E-state index contributed by atoms with van der Waals surface area (Å²) in [5.41, 5.74) is 0. The highest BCUT2D eigenvalue weighted by atomic mass is 32.2. The monoisotopic (exact) mass is 284 g/mol. The van der Waals surface area contributed by atoms with Gasteiger partial charge in [-0.2, -0.15) is 11.8 Å². The van der Waals surface area contributed by atoms with Gasteiger partial charge in [-0.15, -0.1) is 0 Å². The molecule has 112 valence electrons. The third-order valence-electron chi connectivity index (χ3n) is 5.03. The summed E-state index contributed by atoms with van der Waals surface area (Å²) in [6, 6.07) is 0.753. The van der Waals surface area contributed by atoms with Crippen LogP contribution >= 0.6 is 11.8 Å². The van der Waals surface area contributed by atoms with Crippen LogP contribution in [0.2, 0.25) is 0 Å². The van der Waals surface area contributed by atoms with Gasteiger partial charge in [0.15, 0.2) is 0 Å². The summed E-state index contributed by atoms with van der Waals surface area (Å²) in [5, 5.41) is 5.19. The van der Waals surface area contributed by atoms with Crippen molar-refractivity contribution in [2.45, 2.75) is 63.0 Å². The Balaban J connectivity index is 1.90. The second-order valence-corrected chi connectivity index (χ2v) is 8.60. The summed E-state index contributed by atoms with van der Waals surface area (Å²) in [4.78, 5) is 2.74. The normalized spacial score (nSPS) is 41.4. The Morgan fingerprint density at radius 1 is 1.16 bits per heavy atom. The average Bonchev–Trinajstić information content (AvgIpc) is 2.37. The fourth-order valence-electron chi connectivity index (χ4n) is 4.08. The molecule has 0 aromatic carbocycles. The van der Waals surface area contributed by atoms with Crippen molar-refractivity contribution in [2.75, 3.05) is 26.7 Å². The van der Waals surface area contributed by atoms with Crippen LogP contribution in [0, 0.1) is 11.8 Å². The molecular formula is C16H32N2S. The van der Waals surface area contributed by atoms with Gasteiger partial charge in [-0.1, -0.05) is 27.2 Å². The van der Waals surface area contributed by atoms with Gasteiger partial charge in [0.05, 0.1) is 0 Å². The van der Waals surface area contributed by atoms with E-state index in [1.54, 1.807) is 0 Å². The number of hydrogen-bond donors (Lipinski definition) is 1. The highest BCUT2D eigenvalue weighted by molar-refractivity contribution is 8.00. The molecule has 1 aliphatic carbocycles. The number of nitrogens with one attached hydrogen (secondary N) is 1. The maximum atomic E-state index is 3.58. The van der Waals surface area contributed by atoms with Gasteiger partial charge in [0.25, 0.3) is 0 Å². The number of nitrogens with zero attached hydrogens (tertiary/aromatic N) is 1. The van der Waals surface area contributed by atoms with E-state index in [0.717, 1.165) is 28.4 Å². The maximum absolute atomic E-state index is 3.58. The molecule has 1 N–H and O–H groups in total. The van der Waals surface area contributed by atoms with Gasteiger partial charge in [-0.3, -0.25) is 0 Å². The molecule has 0 spiro atoms. The van der Waals surface area contributed by atoms with E-state index in [9.17, 15) is 0 Å². The number of hydrogen-bond acceptors (Lipinski definition) is 3. The van der Waals surface area contributed by atoms with Crippen molar-refractivity contribution >= 4 is 11.8 Å². The quantitative estimate of drug-likeness (QED) is 0.853. The van der Waals surface area contributed by atoms with E-state index in [2.05, 4.69) is 49.8 Å². The van der Waals surface area contributed by atoms with Crippen LogP contribution in [0.4, 0.5) is 0 Å². The molecule has 19 heavy (non-hydrogen) atoms. The van der Waals surface area contributed by atoms with Crippen LogP contribution < -0.4 is 5.32 Å². The second kappa shape index (κ2) is 7.33. The summed E-state index contributed by atoms with van der Waals surface area (Å²) in [6.07, 6.45) is 5.62. The van der Waals surface area contributed by atoms with Crippen LogP contribution in [0.15, 0.2) is 0 Å². The van der Waals surface area contributed by atoms with Crippen LogP contribution in [-0.4, -0.2) is 48.1 Å². The SMILES string of the molecule is CCC1CCC(NC)C(CN2CC(C)SC(C)C2)C1. The van der Waals surface area contributed by atoms with E-state index in [-0.39, 0.29) is 0 Å². The Hall–Kier alpha value is 0.270. The molecule has 0 aromatic rings. The lowest BCUT2D eigenvalue weighted by Crippen LogP contribution is -2.48. The summed E-state index contributed by atoms with van der Waals surface area (Å²) in [5.74, 6) is 1.84. The van der Waals surface area contributed by atoms with Crippen molar-refractivity contribution in [2.24, 2.45) is 11.8 Å². The lowest BCUT2D eigenvalue weighted by molar-refractivity contribution is 0.140. The molecule has 1 saturated heterocycles. The fourth-order valence-corrected chi connectivity index (χ4v) is 5.47. The van der Waals surface area contributed by atoms with E-state index < -0.39 is 0 Å². The zero-order valence-corrected chi connectivity index (χ0v) is 14.0. The van der Waals surface area contributed by atoms with Crippen LogP contribution in [0.1, 0.15) is 46.5 Å². The predicted molar refractivity (Wildman–Crippen MR) is 86.9 cm³/mol. The molecule has 2 fully saturated rings. The fraction of sp³-hybridized carbons (Fsp3) is 1.00.